The van der Waals surface area contributed by atoms with Gasteiger partial charge in [0.05, 0.1) is 0 Å². The molecule has 0 radical (unpaired) electrons. The molecule has 0 fully saturated rings. The highest BCUT2D eigenvalue weighted by Crippen LogP contribution is 2.16. The molecule has 0 aliphatic rings. The molecule has 0 amide bonds. The van der Waals surface area contributed by atoms with Gasteiger partial charge < -0.3 is 0 Å². The summed E-state index contributed by atoms with van der Waals surface area (Å²) < 4.78 is 0. The van der Waals surface area contributed by atoms with Gasteiger partial charge in [-0.05, 0) is 36.8 Å². The fourth-order valence-electron chi connectivity index (χ4n) is 4.76. The van der Waals surface area contributed by atoms with Crippen LogP contribution in [0.1, 0.15) is 153 Å². The normalized spacial score (nSPS) is 11.5. The first kappa shape index (κ1) is 28.3. The Bertz CT molecular complexity index is 487. The SMILES string of the molecule is Cc1ccccc1CCCCCCCCCCCCCCCCCCCCCC(C)C. The third-order valence-corrected chi connectivity index (χ3v) is 6.99. The van der Waals surface area contributed by atoms with E-state index in [0.29, 0.717) is 0 Å². The highest BCUT2D eigenvalue weighted by Gasteiger charge is 1.98. The van der Waals surface area contributed by atoms with Crippen molar-refractivity contribution in [2.24, 2.45) is 5.92 Å². The van der Waals surface area contributed by atoms with E-state index in [9.17, 15) is 0 Å². The van der Waals surface area contributed by atoms with Crippen molar-refractivity contribution in [2.45, 2.75) is 156 Å². The van der Waals surface area contributed by atoms with Crippen LogP contribution in [0, 0.1) is 12.8 Å². The van der Waals surface area contributed by atoms with Crippen LogP contribution in [0.2, 0.25) is 0 Å². The smallest absolute Gasteiger partial charge is 0.0276 e. The van der Waals surface area contributed by atoms with E-state index in [1.807, 2.05) is 0 Å². The van der Waals surface area contributed by atoms with Crippen molar-refractivity contribution in [3.63, 3.8) is 0 Å². The predicted molar refractivity (Wildman–Crippen MR) is 142 cm³/mol. The van der Waals surface area contributed by atoms with Gasteiger partial charge >= 0.3 is 0 Å². The topological polar surface area (TPSA) is 0 Å². The highest BCUT2D eigenvalue weighted by atomic mass is 14.0. The maximum atomic E-state index is 2.34. The number of hydrogen-bond donors (Lipinski definition) is 0. The van der Waals surface area contributed by atoms with E-state index in [2.05, 4.69) is 45.0 Å². The summed E-state index contributed by atoms with van der Waals surface area (Å²) in [5.41, 5.74) is 3.01. The maximum Gasteiger partial charge on any atom is -0.0276 e. The Morgan fingerprint density at radius 1 is 0.484 bits per heavy atom. The van der Waals surface area contributed by atoms with Crippen molar-refractivity contribution in [1.82, 2.24) is 0 Å². The Hall–Kier alpha value is -0.780. The minimum absolute atomic E-state index is 0.893. The average molecular weight is 429 g/mol. The maximum absolute atomic E-state index is 2.34. The quantitative estimate of drug-likeness (QED) is 0.161. The molecule has 0 aliphatic heterocycles. The fraction of sp³-hybridized carbons (Fsp3) is 0.806. The summed E-state index contributed by atoms with van der Waals surface area (Å²) in [4.78, 5) is 0. The van der Waals surface area contributed by atoms with E-state index in [0.717, 1.165) is 5.92 Å². The zero-order valence-electron chi connectivity index (χ0n) is 21.7. The van der Waals surface area contributed by atoms with E-state index in [1.165, 1.54) is 140 Å². The van der Waals surface area contributed by atoms with Crippen LogP contribution in [-0.4, -0.2) is 0 Å². The second-order valence-electron chi connectivity index (χ2n) is 10.6. The van der Waals surface area contributed by atoms with Crippen LogP contribution in [-0.2, 0) is 6.42 Å². The lowest BCUT2D eigenvalue weighted by molar-refractivity contribution is 0.501. The molecular formula is C31H56. The third kappa shape index (κ3) is 18.5. The van der Waals surface area contributed by atoms with Gasteiger partial charge in [-0.25, -0.2) is 0 Å². The predicted octanol–water partition coefficient (Wildman–Crippen LogP) is 11.0. The summed E-state index contributed by atoms with van der Waals surface area (Å²) in [7, 11) is 0. The molecule has 0 bridgehead atoms. The van der Waals surface area contributed by atoms with Gasteiger partial charge in [0, 0.05) is 0 Å². The molecule has 0 saturated carbocycles. The molecule has 0 unspecified atom stereocenters. The number of unbranched alkanes of at least 4 members (excludes halogenated alkanes) is 18. The third-order valence-electron chi connectivity index (χ3n) is 6.99. The summed E-state index contributed by atoms with van der Waals surface area (Å²) in [5.74, 6) is 0.893. The van der Waals surface area contributed by atoms with Gasteiger partial charge in [-0.3, -0.25) is 0 Å². The Balaban J connectivity index is 1.70. The number of rotatable bonds is 22. The standard InChI is InChI=1S/C31H56/c1-29(2)25-21-19-17-15-13-11-9-7-5-4-6-8-10-12-14-16-18-20-22-27-31-28-24-23-26-30(31)3/h23-24,26,28-29H,4-22,25,27H2,1-3H3. The lowest BCUT2D eigenvalue weighted by Crippen LogP contribution is -1.89. The van der Waals surface area contributed by atoms with Crippen molar-refractivity contribution < 1.29 is 0 Å². The van der Waals surface area contributed by atoms with E-state index >= 15 is 0 Å². The first-order valence-corrected chi connectivity index (χ1v) is 14.2. The van der Waals surface area contributed by atoms with Crippen molar-refractivity contribution >= 4 is 0 Å². The monoisotopic (exact) mass is 428 g/mol. The molecule has 1 aromatic rings. The lowest BCUT2D eigenvalue weighted by atomic mass is 10.0. The molecular weight excluding hydrogens is 372 g/mol. The molecule has 0 heterocycles. The number of aryl methyl sites for hydroxylation is 2. The van der Waals surface area contributed by atoms with Crippen molar-refractivity contribution in [1.29, 1.82) is 0 Å². The number of benzene rings is 1. The van der Waals surface area contributed by atoms with Crippen molar-refractivity contribution in [3.05, 3.63) is 35.4 Å². The molecule has 0 saturated heterocycles. The van der Waals surface area contributed by atoms with Gasteiger partial charge in [0.2, 0.25) is 0 Å². The molecule has 0 aliphatic carbocycles. The van der Waals surface area contributed by atoms with Gasteiger partial charge in [0.15, 0.2) is 0 Å². The van der Waals surface area contributed by atoms with E-state index in [-0.39, 0.29) is 0 Å². The summed E-state index contributed by atoms with van der Waals surface area (Å²) >= 11 is 0. The Morgan fingerprint density at radius 3 is 1.23 bits per heavy atom. The minimum atomic E-state index is 0.893. The summed E-state index contributed by atoms with van der Waals surface area (Å²) in [5, 5.41) is 0. The molecule has 31 heavy (non-hydrogen) atoms. The average Bonchev–Trinajstić information content (AvgIpc) is 2.75. The van der Waals surface area contributed by atoms with Crippen LogP contribution in [0.3, 0.4) is 0 Å². The molecule has 0 atom stereocenters. The molecule has 0 spiro atoms. The van der Waals surface area contributed by atoms with Crippen LogP contribution in [0.15, 0.2) is 24.3 Å². The minimum Gasteiger partial charge on any atom is -0.0628 e. The number of hydrogen-bond acceptors (Lipinski definition) is 0. The molecule has 0 aromatic heterocycles. The van der Waals surface area contributed by atoms with E-state index in [4.69, 9.17) is 0 Å². The van der Waals surface area contributed by atoms with Gasteiger partial charge in [-0.1, -0.05) is 160 Å². The van der Waals surface area contributed by atoms with Gasteiger partial charge in [0.1, 0.15) is 0 Å². The lowest BCUT2D eigenvalue weighted by Gasteiger charge is -2.06. The van der Waals surface area contributed by atoms with Gasteiger partial charge in [-0.2, -0.15) is 0 Å². The van der Waals surface area contributed by atoms with E-state index in [1.54, 1.807) is 5.56 Å². The Kier molecular flexibility index (Phi) is 19.2. The highest BCUT2D eigenvalue weighted by molar-refractivity contribution is 5.25. The molecule has 1 rings (SSSR count). The second kappa shape index (κ2) is 21.1. The Morgan fingerprint density at radius 2 is 0.839 bits per heavy atom. The van der Waals surface area contributed by atoms with Gasteiger partial charge in [0.25, 0.3) is 0 Å². The largest absolute Gasteiger partial charge is 0.0628 e. The molecule has 0 N–H and O–H groups in total. The van der Waals surface area contributed by atoms with Crippen LogP contribution < -0.4 is 0 Å². The van der Waals surface area contributed by atoms with Crippen LogP contribution in [0.4, 0.5) is 0 Å². The first-order chi connectivity index (χ1) is 15.2. The summed E-state index contributed by atoms with van der Waals surface area (Å²) in [6.07, 6.45) is 30.5. The summed E-state index contributed by atoms with van der Waals surface area (Å²) in [6, 6.07) is 8.87. The first-order valence-electron chi connectivity index (χ1n) is 14.2. The molecule has 0 nitrogen and oxygen atoms in total. The fourth-order valence-corrected chi connectivity index (χ4v) is 4.76. The Labute approximate surface area is 197 Å². The summed E-state index contributed by atoms with van der Waals surface area (Å²) in [6.45, 7) is 6.93. The van der Waals surface area contributed by atoms with Crippen LogP contribution >= 0.6 is 0 Å². The molecule has 180 valence electrons. The van der Waals surface area contributed by atoms with E-state index < -0.39 is 0 Å². The van der Waals surface area contributed by atoms with Crippen LogP contribution in [0.25, 0.3) is 0 Å². The van der Waals surface area contributed by atoms with Crippen molar-refractivity contribution in [2.75, 3.05) is 0 Å². The van der Waals surface area contributed by atoms with Gasteiger partial charge in [-0.15, -0.1) is 0 Å². The zero-order valence-corrected chi connectivity index (χ0v) is 21.7. The zero-order chi connectivity index (χ0) is 22.4. The molecule has 1 aromatic carbocycles. The van der Waals surface area contributed by atoms with Crippen LogP contribution in [0.5, 0.6) is 0 Å². The second-order valence-corrected chi connectivity index (χ2v) is 10.6. The molecule has 0 heteroatoms. The van der Waals surface area contributed by atoms with Crippen molar-refractivity contribution in [3.8, 4) is 0 Å².